The highest BCUT2D eigenvalue weighted by Crippen LogP contribution is 2.43. The Bertz CT molecular complexity index is 1250. The van der Waals surface area contributed by atoms with E-state index >= 15 is 0 Å². The van der Waals surface area contributed by atoms with Crippen LogP contribution < -0.4 is 5.32 Å². The molecule has 0 aromatic carbocycles. The summed E-state index contributed by atoms with van der Waals surface area (Å²) in [7, 11) is 1.64. The van der Waals surface area contributed by atoms with E-state index in [1.54, 1.807) is 0 Å². The maximum absolute atomic E-state index is 13.1. The van der Waals surface area contributed by atoms with Crippen LogP contribution in [0.5, 0.6) is 0 Å². The second-order valence-electron chi connectivity index (χ2n) is 26.3. The van der Waals surface area contributed by atoms with E-state index in [1.807, 2.05) is 21.1 Å². The van der Waals surface area contributed by atoms with E-state index in [1.165, 1.54) is 327 Å². The smallest absolute Gasteiger partial charge is 0.391 e. The second kappa shape index (κ2) is 62.0. The van der Waals surface area contributed by atoms with Crippen LogP contribution >= 0.6 is 7.82 Å². The summed E-state index contributed by atoms with van der Waals surface area (Å²) in [6.45, 7) is 4.96. The molecule has 1 amide bonds. The molecule has 3 unspecified atom stereocenters. The summed E-state index contributed by atoms with van der Waals surface area (Å²) in [6, 6.07) is -0.756. The van der Waals surface area contributed by atoms with E-state index < -0.39 is 20.0 Å². The molecule has 0 aliphatic heterocycles. The van der Waals surface area contributed by atoms with Gasteiger partial charge in [-0.25, -0.2) is 4.57 Å². The first-order valence-electron chi connectivity index (χ1n) is 35.9. The Kier molecular flexibility index (Phi) is 61.7. The molecule has 3 atom stereocenters. The summed E-state index contributed by atoms with van der Waals surface area (Å²) in [5.74, 6) is -0.134. The fourth-order valence-corrected chi connectivity index (χ4v) is 12.3. The molecule has 474 valence electrons. The zero-order valence-corrected chi connectivity index (χ0v) is 55.3. The van der Waals surface area contributed by atoms with Crippen molar-refractivity contribution in [1.29, 1.82) is 0 Å². The molecule has 0 rings (SSSR count). The van der Waals surface area contributed by atoms with Gasteiger partial charge in [0.1, 0.15) is 13.2 Å². The third-order valence-electron chi connectivity index (χ3n) is 17.1. The number of likely N-dealkylation sites (N-methyl/N-ethyl adjacent to an activating group) is 1. The van der Waals surface area contributed by atoms with E-state index in [0.29, 0.717) is 23.9 Å². The van der Waals surface area contributed by atoms with E-state index in [0.717, 1.165) is 38.5 Å². The molecule has 0 aliphatic rings. The fraction of sp³-hybridized carbons (Fsp3) is 0.986. The van der Waals surface area contributed by atoms with Gasteiger partial charge in [0.15, 0.2) is 0 Å². The summed E-state index contributed by atoms with van der Waals surface area (Å²) in [5.41, 5.74) is 0. The molecule has 9 heteroatoms. The Morgan fingerprint density at radius 3 is 0.848 bits per heavy atom. The van der Waals surface area contributed by atoms with Gasteiger partial charge in [-0.15, -0.1) is 0 Å². The number of quaternary nitrogens is 1. The van der Waals surface area contributed by atoms with Crippen LogP contribution in [0.3, 0.4) is 0 Å². The number of nitrogens with one attached hydrogen (secondary N) is 1. The van der Waals surface area contributed by atoms with Crippen molar-refractivity contribution in [2.75, 3.05) is 40.9 Å². The van der Waals surface area contributed by atoms with E-state index in [-0.39, 0.29) is 19.1 Å². The first-order valence-corrected chi connectivity index (χ1v) is 37.4. The van der Waals surface area contributed by atoms with Gasteiger partial charge < -0.3 is 19.8 Å². The quantitative estimate of drug-likeness (QED) is 0.0318. The first kappa shape index (κ1) is 78.5. The number of phosphoric ester groups is 1. The van der Waals surface area contributed by atoms with E-state index in [9.17, 15) is 19.4 Å². The Morgan fingerprint density at radius 1 is 0.380 bits per heavy atom. The van der Waals surface area contributed by atoms with Gasteiger partial charge in [-0.1, -0.05) is 373 Å². The summed E-state index contributed by atoms with van der Waals surface area (Å²) in [4.78, 5) is 23.4. The van der Waals surface area contributed by atoms with Gasteiger partial charge in [0.25, 0.3) is 0 Å². The van der Waals surface area contributed by atoms with Crippen molar-refractivity contribution in [2.45, 2.75) is 405 Å². The summed E-state index contributed by atoms with van der Waals surface area (Å²) < 4.78 is 23.9. The molecule has 0 radical (unpaired) electrons. The van der Waals surface area contributed by atoms with Gasteiger partial charge >= 0.3 is 7.82 Å². The van der Waals surface area contributed by atoms with Crippen molar-refractivity contribution < 1.29 is 32.9 Å². The lowest BCUT2D eigenvalue weighted by atomic mass is 10.0. The third-order valence-corrected chi connectivity index (χ3v) is 18.1. The van der Waals surface area contributed by atoms with Gasteiger partial charge in [0.05, 0.1) is 39.9 Å². The van der Waals surface area contributed by atoms with Crippen molar-refractivity contribution in [2.24, 2.45) is 0 Å². The lowest BCUT2D eigenvalue weighted by molar-refractivity contribution is -0.870. The van der Waals surface area contributed by atoms with Gasteiger partial charge in [0, 0.05) is 6.42 Å². The largest absolute Gasteiger partial charge is 0.472 e. The number of carbonyl (C=O) groups excluding carboxylic acids is 1. The van der Waals surface area contributed by atoms with Gasteiger partial charge in [-0.05, 0) is 12.8 Å². The van der Waals surface area contributed by atoms with Gasteiger partial charge in [-0.3, -0.25) is 13.8 Å². The average molecular weight is 1140 g/mol. The van der Waals surface area contributed by atoms with Crippen LogP contribution in [0, 0.1) is 0 Å². The summed E-state index contributed by atoms with van der Waals surface area (Å²) in [5, 5.41) is 14.1. The van der Waals surface area contributed by atoms with Crippen LogP contribution in [-0.2, 0) is 18.4 Å². The fourth-order valence-electron chi connectivity index (χ4n) is 11.5. The number of carbonyl (C=O) groups is 1. The minimum absolute atomic E-state index is 0.0793. The van der Waals surface area contributed by atoms with Gasteiger partial charge in [-0.2, -0.15) is 0 Å². The number of amides is 1. The highest BCUT2D eigenvalue weighted by atomic mass is 31.2. The van der Waals surface area contributed by atoms with Crippen LogP contribution in [0.15, 0.2) is 0 Å². The Morgan fingerprint density at radius 2 is 0.608 bits per heavy atom. The SMILES string of the molecule is CCCCCCCCCCCCCCCCCCCCCCCCCCCCCCCCCCCCCCCCCC(=O)NC(COP(=O)(O)OCC[N+](C)(C)C)C(O)CCCCCCCCCCCCCCCCCCCC. The maximum Gasteiger partial charge on any atom is 0.472 e. The van der Waals surface area contributed by atoms with Crippen LogP contribution in [0.1, 0.15) is 393 Å². The molecule has 0 aliphatic carbocycles. The molecular weight excluding hydrogens is 996 g/mol. The van der Waals surface area contributed by atoms with Gasteiger partial charge in [0.2, 0.25) is 5.91 Å². The lowest BCUT2D eigenvalue weighted by Gasteiger charge is -2.26. The highest BCUT2D eigenvalue weighted by Gasteiger charge is 2.28. The van der Waals surface area contributed by atoms with Crippen molar-refractivity contribution in [3.05, 3.63) is 0 Å². The molecule has 0 aromatic rings. The molecule has 0 aromatic heterocycles. The minimum atomic E-state index is -4.32. The van der Waals surface area contributed by atoms with Crippen molar-refractivity contribution >= 4 is 13.7 Å². The molecule has 3 N–H and O–H groups in total. The number of hydrogen-bond donors (Lipinski definition) is 3. The zero-order chi connectivity index (χ0) is 57.7. The number of rotatable bonds is 68. The monoisotopic (exact) mass is 1140 g/mol. The van der Waals surface area contributed by atoms with Crippen molar-refractivity contribution in [3.63, 3.8) is 0 Å². The number of unbranched alkanes of at least 4 members (excludes halogenated alkanes) is 55. The van der Waals surface area contributed by atoms with Crippen LogP contribution in [0.25, 0.3) is 0 Å². The standard InChI is InChI=1S/C70H143N2O6P/c1-6-8-10-12-14-16-18-20-22-24-26-27-28-29-30-31-32-33-34-35-36-37-38-39-40-41-42-43-44-45-46-48-50-52-54-56-58-60-62-64-70(74)71-68(67-78-79(75,76)77-66-65-72(3,4)5)69(73)63-61-59-57-55-53-51-49-47-25-23-21-19-17-15-13-11-9-7-2/h68-69,73H,6-67H2,1-5H3,(H-,71,74,75,76)/p+1. The Labute approximate surface area is 495 Å². The first-order chi connectivity index (χ1) is 38.5. The van der Waals surface area contributed by atoms with Crippen LogP contribution in [-0.4, -0.2) is 73.4 Å². The number of aliphatic hydroxyl groups is 1. The molecule has 79 heavy (non-hydrogen) atoms. The summed E-state index contributed by atoms with van der Waals surface area (Å²) in [6.07, 6.45) is 78.0. The maximum atomic E-state index is 13.1. The normalized spacial score (nSPS) is 13.6. The lowest BCUT2D eigenvalue weighted by Crippen LogP contribution is -2.46. The highest BCUT2D eigenvalue weighted by molar-refractivity contribution is 7.47. The average Bonchev–Trinajstić information content (AvgIpc) is 3.42. The molecule has 0 heterocycles. The molecule has 0 spiro atoms. The number of phosphoric acid groups is 1. The zero-order valence-electron chi connectivity index (χ0n) is 54.4. The van der Waals surface area contributed by atoms with E-state index in [4.69, 9.17) is 9.05 Å². The van der Waals surface area contributed by atoms with Crippen LogP contribution in [0.2, 0.25) is 0 Å². The molecule has 8 nitrogen and oxygen atoms in total. The molecule has 0 saturated heterocycles. The van der Waals surface area contributed by atoms with E-state index in [2.05, 4.69) is 19.2 Å². The second-order valence-corrected chi connectivity index (χ2v) is 27.8. The predicted molar refractivity (Wildman–Crippen MR) is 346 cm³/mol. The Balaban J connectivity index is 3.84. The third kappa shape index (κ3) is 64.9. The number of nitrogens with zero attached hydrogens (tertiary/aromatic N) is 1. The molecule has 0 bridgehead atoms. The molecular formula is C70H144N2O6P+. The molecule has 0 saturated carbocycles. The van der Waals surface area contributed by atoms with Crippen molar-refractivity contribution in [3.8, 4) is 0 Å². The number of hydrogen-bond acceptors (Lipinski definition) is 5. The van der Waals surface area contributed by atoms with Crippen molar-refractivity contribution in [1.82, 2.24) is 5.32 Å². The Hall–Kier alpha value is -0.500. The summed E-state index contributed by atoms with van der Waals surface area (Å²) >= 11 is 0. The number of aliphatic hydroxyl groups excluding tert-OH is 1. The van der Waals surface area contributed by atoms with Crippen LogP contribution in [0.4, 0.5) is 0 Å². The predicted octanol–water partition coefficient (Wildman–Crippen LogP) is 22.7. The minimum Gasteiger partial charge on any atom is -0.391 e. The topological polar surface area (TPSA) is 105 Å². The molecule has 0 fully saturated rings.